The first-order valence-electron chi connectivity index (χ1n) is 8.83. The Morgan fingerprint density at radius 1 is 1.27 bits per heavy atom. The van der Waals surface area contributed by atoms with Gasteiger partial charge in [0.15, 0.2) is 0 Å². The zero-order chi connectivity index (χ0) is 15.8. The summed E-state index contributed by atoms with van der Waals surface area (Å²) >= 11 is 0. The number of rotatable bonds is 8. The largest absolute Gasteiger partial charge is 0.314 e. The Labute approximate surface area is 138 Å². The van der Waals surface area contributed by atoms with Gasteiger partial charge >= 0.3 is 0 Å². The van der Waals surface area contributed by atoms with Crippen molar-refractivity contribution in [3.63, 3.8) is 0 Å². The number of nitrogens with one attached hydrogen (secondary N) is 1. The van der Waals surface area contributed by atoms with E-state index in [4.69, 9.17) is 0 Å². The van der Waals surface area contributed by atoms with Gasteiger partial charge in [-0.1, -0.05) is 50.6 Å². The van der Waals surface area contributed by atoms with Gasteiger partial charge in [-0.2, -0.15) is 0 Å². The van der Waals surface area contributed by atoms with Crippen LogP contribution in [-0.4, -0.2) is 27.8 Å². The topological polar surface area (TPSA) is 29.1 Å². The highest BCUT2D eigenvalue weighted by molar-refractivity contribution is 7.85. The lowest BCUT2D eigenvalue weighted by molar-refractivity contribution is 0.350. The Bertz CT molecular complexity index is 448. The second-order valence-corrected chi connectivity index (χ2v) is 8.70. The SMILES string of the molecule is CC[S@@](=O)[C@@H]1CCC[C@H](NC[C@@H](C)CCc2ccccc2)C1. The van der Waals surface area contributed by atoms with Crippen LogP contribution in [0, 0.1) is 5.92 Å². The Morgan fingerprint density at radius 3 is 2.77 bits per heavy atom. The molecule has 1 saturated carbocycles. The van der Waals surface area contributed by atoms with Crippen LogP contribution in [-0.2, 0) is 17.2 Å². The molecule has 0 aromatic heterocycles. The Kier molecular flexibility index (Phi) is 7.61. The van der Waals surface area contributed by atoms with Crippen molar-refractivity contribution in [1.82, 2.24) is 5.32 Å². The molecular weight excluding hydrogens is 290 g/mol. The van der Waals surface area contributed by atoms with Crippen molar-refractivity contribution in [2.45, 2.75) is 63.7 Å². The summed E-state index contributed by atoms with van der Waals surface area (Å²) in [7, 11) is -0.617. The average molecular weight is 322 g/mol. The molecule has 2 nitrogen and oxygen atoms in total. The molecule has 0 bridgehead atoms. The molecule has 0 spiro atoms. The quantitative estimate of drug-likeness (QED) is 0.786. The van der Waals surface area contributed by atoms with E-state index >= 15 is 0 Å². The summed E-state index contributed by atoms with van der Waals surface area (Å²) in [5.41, 5.74) is 1.44. The first-order chi connectivity index (χ1) is 10.7. The predicted molar refractivity (Wildman–Crippen MR) is 96.7 cm³/mol. The van der Waals surface area contributed by atoms with Crippen LogP contribution in [0.4, 0.5) is 0 Å². The van der Waals surface area contributed by atoms with Gasteiger partial charge in [-0.25, -0.2) is 0 Å². The number of hydrogen-bond donors (Lipinski definition) is 1. The first kappa shape index (κ1) is 17.7. The fraction of sp³-hybridized carbons (Fsp3) is 0.684. The first-order valence-corrected chi connectivity index (χ1v) is 10.2. The van der Waals surface area contributed by atoms with Gasteiger partial charge in [0.05, 0.1) is 0 Å². The van der Waals surface area contributed by atoms with Gasteiger partial charge in [0.2, 0.25) is 0 Å². The maximum Gasteiger partial charge on any atom is 0.0362 e. The molecule has 1 N–H and O–H groups in total. The van der Waals surface area contributed by atoms with Crippen LogP contribution in [0.25, 0.3) is 0 Å². The molecule has 1 fully saturated rings. The van der Waals surface area contributed by atoms with Crippen LogP contribution in [0.3, 0.4) is 0 Å². The fourth-order valence-electron chi connectivity index (χ4n) is 3.33. The van der Waals surface area contributed by atoms with E-state index in [0.29, 0.717) is 17.2 Å². The van der Waals surface area contributed by atoms with E-state index in [2.05, 4.69) is 42.6 Å². The van der Waals surface area contributed by atoms with Gasteiger partial charge in [-0.3, -0.25) is 4.21 Å². The number of aryl methyl sites for hydroxylation is 1. The monoisotopic (exact) mass is 321 g/mol. The summed E-state index contributed by atoms with van der Waals surface area (Å²) in [6.45, 7) is 5.46. The lowest BCUT2D eigenvalue weighted by Gasteiger charge is -2.30. The molecular formula is C19H31NOS. The molecule has 0 unspecified atom stereocenters. The molecule has 0 aliphatic heterocycles. The van der Waals surface area contributed by atoms with E-state index in [9.17, 15) is 4.21 Å². The molecule has 0 radical (unpaired) electrons. The van der Waals surface area contributed by atoms with E-state index in [1.807, 2.05) is 6.92 Å². The van der Waals surface area contributed by atoms with Crippen LogP contribution in [0.2, 0.25) is 0 Å². The van der Waals surface area contributed by atoms with Gasteiger partial charge in [0, 0.05) is 27.8 Å². The van der Waals surface area contributed by atoms with Gasteiger partial charge in [0.25, 0.3) is 0 Å². The van der Waals surface area contributed by atoms with E-state index in [1.54, 1.807) is 0 Å². The molecule has 0 amide bonds. The molecule has 4 atom stereocenters. The molecule has 1 aliphatic carbocycles. The Morgan fingerprint density at radius 2 is 2.05 bits per heavy atom. The molecule has 0 saturated heterocycles. The minimum atomic E-state index is -0.617. The minimum absolute atomic E-state index is 0.427. The van der Waals surface area contributed by atoms with Crippen molar-refractivity contribution in [2.24, 2.45) is 5.92 Å². The fourth-order valence-corrected chi connectivity index (χ4v) is 4.68. The number of hydrogen-bond acceptors (Lipinski definition) is 2. The van der Waals surface area contributed by atoms with E-state index < -0.39 is 10.8 Å². The standard InChI is InChI=1S/C19H31NOS/c1-3-22(21)19-11-7-10-18(14-19)20-15-16(2)12-13-17-8-5-4-6-9-17/h4-6,8-9,16,18-20H,3,7,10-15H2,1-2H3/t16-,18-,19+,22+/m0/s1. The summed E-state index contributed by atoms with van der Waals surface area (Å²) in [6, 6.07) is 11.3. The van der Waals surface area contributed by atoms with Crippen LogP contribution in [0.1, 0.15) is 51.5 Å². The van der Waals surface area contributed by atoms with Crippen LogP contribution in [0.5, 0.6) is 0 Å². The Hall–Kier alpha value is -0.670. The third-order valence-electron chi connectivity index (χ3n) is 4.81. The highest BCUT2D eigenvalue weighted by Crippen LogP contribution is 2.23. The summed E-state index contributed by atoms with van der Waals surface area (Å²) in [4.78, 5) is 0. The summed E-state index contributed by atoms with van der Waals surface area (Å²) in [6.07, 6.45) is 7.13. The maximum absolute atomic E-state index is 12.0. The minimum Gasteiger partial charge on any atom is -0.314 e. The molecule has 1 aromatic carbocycles. The molecule has 0 heterocycles. The maximum atomic E-state index is 12.0. The smallest absolute Gasteiger partial charge is 0.0362 e. The zero-order valence-corrected chi connectivity index (χ0v) is 14.9. The summed E-state index contributed by atoms with van der Waals surface area (Å²) in [5, 5.41) is 4.16. The van der Waals surface area contributed by atoms with E-state index in [-0.39, 0.29) is 0 Å². The predicted octanol–water partition coefficient (Wildman–Crippen LogP) is 3.92. The van der Waals surface area contributed by atoms with Crippen LogP contribution in [0.15, 0.2) is 30.3 Å². The summed E-state index contributed by atoms with van der Waals surface area (Å²) < 4.78 is 12.0. The van der Waals surface area contributed by atoms with Crippen LogP contribution < -0.4 is 5.32 Å². The van der Waals surface area contributed by atoms with Crippen molar-refractivity contribution < 1.29 is 4.21 Å². The molecule has 3 heteroatoms. The van der Waals surface area contributed by atoms with Gasteiger partial charge in [-0.05, 0) is 50.1 Å². The summed E-state index contributed by atoms with van der Waals surface area (Å²) in [5.74, 6) is 1.50. The van der Waals surface area contributed by atoms with Gasteiger partial charge < -0.3 is 5.32 Å². The Balaban J connectivity index is 1.67. The van der Waals surface area contributed by atoms with Gasteiger partial charge in [-0.15, -0.1) is 0 Å². The molecule has 124 valence electrons. The van der Waals surface area contributed by atoms with Crippen molar-refractivity contribution in [3.05, 3.63) is 35.9 Å². The van der Waals surface area contributed by atoms with Crippen molar-refractivity contribution in [1.29, 1.82) is 0 Å². The van der Waals surface area contributed by atoms with E-state index in [1.165, 1.54) is 24.8 Å². The van der Waals surface area contributed by atoms with E-state index in [0.717, 1.165) is 31.6 Å². The number of benzene rings is 1. The van der Waals surface area contributed by atoms with Crippen molar-refractivity contribution in [3.8, 4) is 0 Å². The normalized spacial score (nSPS) is 24.8. The van der Waals surface area contributed by atoms with Crippen molar-refractivity contribution >= 4 is 10.8 Å². The molecule has 1 aliphatic rings. The highest BCUT2D eigenvalue weighted by atomic mass is 32.2. The zero-order valence-electron chi connectivity index (χ0n) is 14.1. The van der Waals surface area contributed by atoms with Gasteiger partial charge in [0.1, 0.15) is 0 Å². The second-order valence-electron chi connectivity index (χ2n) is 6.69. The highest BCUT2D eigenvalue weighted by Gasteiger charge is 2.25. The third kappa shape index (κ3) is 5.85. The average Bonchev–Trinajstić information content (AvgIpc) is 2.58. The molecule has 1 aromatic rings. The second kappa shape index (κ2) is 9.46. The lowest BCUT2D eigenvalue weighted by atomic mass is 9.94. The lowest BCUT2D eigenvalue weighted by Crippen LogP contribution is -2.39. The third-order valence-corrected chi connectivity index (χ3v) is 6.55. The van der Waals surface area contributed by atoms with Crippen molar-refractivity contribution in [2.75, 3.05) is 12.3 Å². The van der Waals surface area contributed by atoms with Crippen LogP contribution >= 0.6 is 0 Å². The molecule has 2 rings (SSSR count). The molecule has 22 heavy (non-hydrogen) atoms.